The molecule has 33 heavy (non-hydrogen) atoms. The zero-order chi connectivity index (χ0) is 23.2. The molecule has 0 saturated carbocycles. The van der Waals surface area contributed by atoms with Gasteiger partial charge in [0, 0.05) is 43.8 Å². The second-order valence-corrected chi connectivity index (χ2v) is 10.1. The number of hydrogen-bond acceptors (Lipinski definition) is 5. The third-order valence-corrected chi connectivity index (χ3v) is 7.46. The zero-order valence-corrected chi connectivity index (χ0v) is 21.4. The normalized spacial score (nSPS) is 18.6. The summed E-state index contributed by atoms with van der Waals surface area (Å²) in [7, 11) is 0. The maximum atomic E-state index is 5.54. The van der Waals surface area contributed by atoms with Gasteiger partial charge in [0.2, 0.25) is 0 Å². The van der Waals surface area contributed by atoms with Crippen molar-refractivity contribution < 1.29 is 0 Å². The van der Waals surface area contributed by atoms with Crippen molar-refractivity contribution in [1.82, 2.24) is 20.1 Å². The smallest absolute Gasteiger partial charge is 0.170 e. The lowest BCUT2D eigenvalue weighted by Gasteiger charge is -2.35. The Morgan fingerprint density at radius 1 is 1.06 bits per heavy atom. The van der Waals surface area contributed by atoms with Crippen LogP contribution in [-0.2, 0) is 0 Å². The van der Waals surface area contributed by atoms with Gasteiger partial charge in [-0.2, -0.15) is 0 Å². The number of hydrogen-bond donors (Lipinski definition) is 2. The lowest BCUT2D eigenvalue weighted by Crippen LogP contribution is -2.46. The van der Waals surface area contributed by atoms with Crippen molar-refractivity contribution in [2.75, 3.05) is 69.1 Å². The molecule has 6 nitrogen and oxygen atoms in total. The van der Waals surface area contributed by atoms with Crippen molar-refractivity contribution in [3.05, 3.63) is 29.8 Å². The summed E-state index contributed by atoms with van der Waals surface area (Å²) in [4.78, 5) is 12.5. The number of anilines is 2. The van der Waals surface area contributed by atoms with E-state index in [4.69, 9.17) is 17.2 Å². The third-order valence-electron chi connectivity index (χ3n) is 7.22. The number of likely N-dealkylation sites (tertiary alicyclic amines) is 1. The molecule has 1 aromatic carbocycles. The van der Waals surface area contributed by atoms with Gasteiger partial charge in [0.15, 0.2) is 5.11 Å². The van der Waals surface area contributed by atoms with Crippen LogP contribution in [0.3, 0.4) is 0 Å². The number of benzene rings is 1. The second kappa shape index (κ2) is 11.4. The molecule has 0 amide bonds. The highest BCUT2D eigenvalue weighted by molar-refractivity contribution is 7.80. The molecule has 3 heterocycles. The Morgan fingerprint density at radius 3 is 2.55 bits per heavy atom. The fraction of sp³-hybridized carbons (Fsp3) is 0.615. The number of thiocarbonyl (C=S) groups is 1. The summed E-state index contributed by atoms with van der Waals surface area (Å²) in [6.07, 6.45) is 3.79. The predicted octanol–water partition coefficient (Wildman–Crippen LogP) is 4.09. The molecule has 7 heteroatoms. The van der Waals surface area contributed by atoms with Crippen LogP contribution in [0.2, 0.25) is 0 Å². The van der Waals surface area contributed by atoms with E-state index in [0.717, 1.165) is 75.2 Å². The summed E-state index contributed by atoms with van der Waals surface area (Å²) in [5, 5.41) is 8.60. The number of piperazine rings is 1. The van der Waals surface area contributed by atoms with Crippen LogP contribution in [0.15, 0.2) is 24.3 Å². The van der Waals surface area contributed by atoms with Crippen molar-refractivity contribution in [3.63, 3.8) is 0 Å². The molecular formula is C26H40N6S. The van der Waals surface area contributed by atoms with Gasteiger partial charge in [0.1, 0.15) is 5.82 Å². The third kappa shape index (κ3) is 6.55. The maximum absolute atomic E-state index is 5.54. The highest BCUT2D eigenvalue weighted by Crippen LogP contribution is 2.26. The first-order chi connectivity index (χ1) is 16.0. The number of nitrogens with one attached hydrogen (secondary N) is 2. The van der Waals surface area contributed by atoms with Gasteiger partial charge in [-0.05, 0) is 100 Å². The van der Waals surface area contributed by atoms with Crippen molar-refractivity contribution in [3.8, 4) is 0 Å². The molecular weight excluding hydrogens is 428 g/mol. The van der Waals surface area contributed by atoms with Crippen LogP contribution in [0.4, 0.5) is 11.5 Å². The van der Waals surface area contributed by atoms with Crippen LogP contribution >= 0.6 is 12.2 Å². The van der Waals surface area contributed by atoms with E-state index in [1.807, 2.05) is 0 Å². The summed E-state index contributed by atoms with van der Waals surface area (Å²) in [5.74, 6) is 1.98. The van der Waals surface area contributed by atoms with Gasteiger partial charge in [-0.15, -0.1) is 0 Å². The minimum Gasteiger partial charge on any atom is -0.362 e. The van der Waals surface area contributed by atoms with E-state index in [9.17, 15) is 0 Å². The van der Waals surface area contributed by atoms with Gasteiger partial charge < -0.3 is 25.3 Å². The number of aromatic nitrogens is 1. The molecule has 4 rings (SSSR count). The van der Waals surface area contributed by atoms with Crippen LogP contribution in [-0.4, -0.2) is 78.8 Å². The zero-order valence-electron chi connectivity index (χ0n) is 20.6. The van der Waals surface area contributed by atoms with Gasteiger partial charge in [-0.25, -0.2) is 4.98 Å². The van der Waals surface area contributed by atoms with Crippen molar-refractivity contribution in [1.29, 1.82) is 0 Å². The standard InChI is InChI=1S/C26H40N6S/c1-4-30-14-16-32(17-15-30)25-18-21(3)23-19-22(6-7-24(23)29-25)28-26(33)27-10-5-11-31-12-8-20(2)9-13-31/h6-7,18-20H,4-5,8-17H2,1-3H3,(H2,27,28,33). The molecule has 2 aliphatic heterocycles. The van der Waals surface area contributed by atoms with E-state index >= 15 is 0 Å². The molecule has 0 radical (unpaired) electrons. The quantitative estimate of drug-likeness (QED) is 0.469. The first-order valence-electron chi connectivity index (χ1n) is 12.7. The summed E-state index contributed by atoms with van der Waals surface area (Å²) in [5.41, 5.74) is 3.31. The van der Waals surface area contributed by atoms with Crippen molar-refractivity contribution >= 4 is 39.7 Å². The fourth-order valence-electron chi connectivity index (χ4n) is 4.87. The van der Waals surface area contributed by atoms with Crippen LogP contribution in [0, 0.1) is 12.8 Å². The number of fused-ring (bicyclic) bond motifs is 1. The summed E-state index contributed by atoms with van der Waals surface area (Å²) in [6.45, 7) is 16.7. The summed E-state index contributed by atoms with van der Waals surface area (Å²) < 4.78 is 0. The van der Waals surface area contributed by atoms with Gasteiger partial charge in [-0.1, -0.05) is 13.8 Å². The minimum absolute atomic E-state index is 0.692. The largest absolute Gasteiger partial charge is 0.362 e. The Bertz CT molecular complexity index is 932. The minimum atomic E-state index is 0.692. The number of likely N-dealkylation sites (N-methyl/N-ethyl adjacent to an activating group) is 1. The molecule has 0 unspecified atom stereocenters. The second-order valence-electron chi connectivity index (χ2n) is 9.71. The molecule has 0 bridgehead atoms. The van der Waals surface area contributed by atoms with Gasteiger partial charge >= 0.3 is 0 Å². The number of aryl methyl sites for hydroxylation is 1. The van der Waals surface area contributed by atoms with Crippen molar-refractivity contribution in [2.45, 2.75) is 40.0 Å². The molecule has 0 spiro atoms. The van der Waals surface area contributed by atoms with Gasteiger partial charge in [0.25, 0.3) is 0 Å². The Balaban J connectivity index is 1.28. The van der Waals surface area contributed by atoms with E-state index in [0.29, 0.717) is 5.11 Å². The SMILES string of the molecule is CCN1CCN(c2cc(C)c3cc(NC(=S)NCCCN4CCC(C)CC4)ccc3n2)CC1. The van der Waals surface area contributed by atoms with E-state index in [1.165, 1.54) is 36.9 Å². The summed E-state index contributed by atoms with van der Waals surface area (Å²) >= 11 is 5.54. The Hall–Kier alpha value is -1.96. The highest BCUT2D eigenvalue weighted by Gasteiger charge is 2.18. The lowest BCUT2D eigenvalue weighted by molar-refractivity contribution is 0.191. The lowest BCUT2D eigenvalue weighted by atomic mass is 9.99. The molecule has 2 fully saturated rings. The number of rotatable bonds is 7. The predicted molar refractivity (Wildman–Crippen MR) is 144 cm³/mol. The molecule has 2 aliphatic rings. The van der Waals surface area contributed by atoms with Crippen LogP contribution in [0.1, 0.15) is 38.7 Å². The first-order valence-corrected chi connectivity index (χ1v) is 13.1. The molecule has 2 aromatic rings. The average Bonchev–Trinajstić information content (AvgIpc) is 2.83. The number of pyridine rings is 1. The molecule has 0 atom stereocenters. The highest BCUT2D eigenvalue weighted by atomic mass is 32.1. The monoisotopic (exact) mass is 468 g/mol. The van der Waals surface area contributed by atoms with Crippen molar-refractivity contribution in [2.24, 2.45) is 5.92 Å². The molecule has 0 aliphatic carbocycles. The van der Waals surface area contributed by atoms with Gasteiger partial charge in [0.05, 0.1) is 5.52 Å². The Labute approximate surface area is 204 Å². The molecule has 2 N–H and O–H groups in total. The van der Waals surface area contributed by atoms with E-state index < -0.39 is 0 Å². The Kier molecular flexibility index (Phi) is 8.39. The summed E-state index contributed by atoms with van der Waals surface area (Å²) in [6, 6.07) is 8.58. The van der Waals surface area contributed by atoms with E-state index in [1.54, 1.807) is 0 Å². The topological polar surface area (TPSA) is 46.7 Å². The number of piperidine rings is 1. The first kappa shape index (κ1) is 24.2. The van der Waals surface area contributed by atoms with Gasteiger partial charge in [-0.3, -0.25) is 0 Å². The maximum Gasteiger partial charge on any atom is 0.170 e. The molecule has 180 valence electrons. The van der Waals surface area contributed by atoms with E-state index in [-0.39, 0.29) is 0 Å². The Morgan fingerprint density at radius 2 is 1.82 bits per heavy atom. The number of nitrogens with zero attached hydrogens (tertiary/aromatic N) is 4. The van der Waals surface area contributed by atoms with Crippen LogP contribution < -0.4 is 15.5 Å². The molecule has 2 saturated heterocycles. The fourth-order valence-corrected chi connectivity index (χ4v) is 5.09. The van der Waals surface area contributed by atoms with Crippen LogP contribution in [0.25, 0.3) is 10.9 Å². The average molecular weight is 469 g/mol. The van der Waals surface area contributed by atoms with Crippen LogP contribution in [0.5, 0.6) is 0 Å². The van der Waals surface area contributed by atoms with E-state index in [2.05, 4.69) is 70.4 Å². The molecule has 1 aromatic heterocycles.